The fourth-order valence-corrected chi connectivity index (χ4v) is 5.07. The largest absolute Gasteiger partial charge is 0.503 e. The van der Waals surface area contributed by atoms with Gasteiger partial charge in [0.15, 0.2) is 16.7 Å². The Hall–Kier alpha value is -4.30. The number of fused-ring (bicyclic) bond motifs is 2. The molecule has 1 unspecified atom stereocenters. The predicted octanol–water partition coefficient (Wildman–Crippen LogP) is 5.22. The van der Waals surface area contributed by atoms with Gasteiger partial charge in [-0.3, -0.25) is 19.5 Å². The summed E-state index contributed by atoms with van der Waals surface area (Å²) in [5.74, 6) is -1.82. The van der Waals surface area contributed by atoms with Gasteiger partial charge in [-0.25, -0.2) is 4.98 Å². The second kappa shape index (κ2) is 7.39. The Balaban J connectivity index is 1.51. The number of Topliss-reactive ketones (excluding diaryl/α,β-unsaturated/α-hetero) is 1. The van der Waals surface area contributed by atoms with Crippen molar-refractivity contribution in [3.05, 3.63) is 102 Å². The summed E-state index contributed by atoms with van der Waals surface area (Å²) in [5, 5.41) is 12.0. The van der Waals surface area contributed by atoms with E-state index in [4.69, 9.17) is 4.42 Å². The Bertz CT molecular complexity index is 1520. The molecule has 1 N–H and O–H groups in total. The van der Waals surface area contributed by atoms with Crippen molar-refractivity contribution >= 4 is 49.3 Å². The third-order valence-electron chi connectivity index (χ3n) is 5.59. The van der Waals surface area contributed by atoms with Crippen molar-refractivity contribution < 1.29 is 19.1 Å². The van der Waals surface area contributed by atoms with Gasteiger partial charge in [0.05, 0.1) is 21.8 Å². The predicted molar refractivity (Wildman–Crippen MR) is 124 cm³/mol. The maximum atomic E-state index is 13.6. The number of ketones is 1. The first-order chi connectivity index (χ1) is 16.1. The van der Waals surface area contributed by atoms with E-state index in [9.17, 15) is 14.7 Å². The minimum atomic E-state index is -0.896. The van der Waals surface area contributed by atoms with Gasteiger partial charge in [0.2, 0.25) is 5.78 Å². The highest BCUT2D eigenvalue weighted by molar-refractivity contribution is 7.22. The number of benzene rings is 2. The van der Waals surface area contributed by atoms with Crippen LogP contribution in [0.3, 0.4) is 0 Å². The third-order valence-corrected chi connectivity index (χ3v) is 6.63. The zero-order valence-corrected chi connectivity index (χ0v) is 17.8. The first-order valence-corrected chi connectivity index (χ1v) is 11.0. The van der Waals surface area contributed by atoms with Crippen LogP contribution in [0.25, 0.3) is 21.2 Å². The zero-order valence-electron chi connectivity index (χ0n) is 17.0. The smallest absolute Gasteiger partial charge is 0.296 e. The van der Waals surface area contributed by atoms with Gasteiger partial charge < -0.3 is 9.52 Å². The number of para-hydroxylation sites is 2. The molecule has 3 aromatic heterocycles. The number of furan rings is 1. The van der Waals surface area contributed by atoms with Crippen molar-refractivity contribution in [1.29, 1.82) is 0 Å². The van der Waals surface area contributed by atoms with E-state index in [0.29, 0.717) is 16.3 Å². The van der Waals surface area contributed by atoms with Crippen molar-refractivity contribution in [2.45, 2.75) is 6.04 Å². The lowest BCUT2D eigenvalue weighted by Crippen LogP contribution is -2.31. The molecule has 5 aromatic rings. The highest BCUT2D eigenvalue weighted by atomic mass is 32.1. The van der Waals surface area contributed by atoms with Gasteiger partial charge in [-0.2, -0.15) is 0 Å². The Morgan fingerprint density at radius 1 is 1.06 bits per heavy atom. The SMILES string of the molecule is O=C(C1=C(O)C(=O)N(c2nc3ccccc3s2)C1c1cccnc1)c1cc2ccccc2o1. The molecule has 8 heteroatoms. The van der Waals surface area contributed by atoms with Crippen LogP contribution in [0.1, 0.15) is 22.2 Å². The fourth-order valence-electron chi connectivity index (χ4n) is 4.08. The van der Waals surface area contributed by atoms with Crippen LogP contribution in [-0.4, -0.2) is 26.8 Å². The number of aliphatic hydroxyl groups excluding tert-OH is 1. The van der Waals surface area contributed by atoms with Crippen LogP contribution < -0.4 is 4.90 Å². The molecule has 6 rings (SSSR count). The summed E-state index contributed by atoms with van der Waals surface area (Å²) in [6.07, 6.45) is 3.18. The summed E-state index contributed by atoms with van der Waals surface area (Å²) in [6.45, 7) is 0. The van der Waals surface area contributed by atoms with Crippen molar-refractivity contribution in [1.82, 2.24) is 9.97 Å². The van der Waals surface area contributed by atoms with Crippen LogP contribution in [0.15, 0.2) is 94.9 Å². The number of pyridine rings is 1. The second-order valence-electron chi connectivity index (χ2n) is 7.57. The van der Waals surface area contributed by atoms with E-state index in [1.54, 1.807) is 36.7 Å². The first kappa shape index (κ1) is 19.4. The number of rotatable bonds is 4. The van der Waals surface area contributed by atoms with Crippen LogP contribution in [-0.2, 0) is 4.79 Å². The summed E-state index contributed by atoms with van der Waals surface area (Å²) < 4.78 is 6.64. The minimum absolute atomic E-state index is 0.0468. The molecule has 2 aromatic carbocycles. The molecule has 0 radical (unpaired) electrons. The number of aromatic nitrogens is 2. The molecular formula is C25H15N3O4S. The molecule has 1 aliphatic heterocycles. The normalized spacial score (nSPS) is 16.3. The van der Waals surface area contributed by atoms with Gasteiger partial charge in [0.25, 0.3) is 5.91 Å². The third kappa shape index (κ3) is 3.03. The highest BCUT2D eigenvalue weighted by Gasteiger charge is 2.46. The maximum Gasteiger partial charge on any atom is 0.296 e. The monoisotopic (exact) mass is 453 g/mol. The van der Waals surface area contributed by atoms with Crippen LogP contribution >= 0.6 is 11.3 Å². The van der Waals surface area contributed by atoms with E-state index in [0.717, 1.165) is 15.6 Å². The number of thiazole rings is 1. The summed E-state index contributed by atoms with van der Waals surface area (Å²) >= 11 is 1.31. The van der Waals surface area contributed by atoms with Crippen molar-refractivity contribution in [2.24, 2.45) is 0 Å². The molecule has 1 amide bonds. The summed E-state index contributed by atoms with van der Waals surface area (Å²) in [7, 11) is 0. The Kier molecular flexibility index (Phi) is 4.34. The number of carbonyl (C=O) groups is 2. The van der Waals surface area contributed by atoms with E-state index >= 15 is 0 Å². The molecule has 0 fully saturated rings. The van der Waals surface area contributed by atoms with Gasteiger partial charge in [-0.1, -0.05) is 47.7 Å². The summed E-state index contributed by atoms with van der Waals surface area (Å²) in [5.41, 5.74) is 1.79. The fraction of sp³-hybridized carbons (Fsp3) is 0.0400. The molecule has 0 bridgehead atoms. The van der Waals surface area contributed by atoms with Crippen LogP contribution in [0, 0.1) is 0 Å². The Morgan fingerprint density at radius 2 is 1.88 bits per heavy atom. The van der Waals surface area contributed by atoms with Crippen LogP contribution in [0.5, 0.6) is 0 Å². The van der Waals surface area contributed by atoms with Crippen molar-refractivity contribution in [3.8, 4) is 0 Å². The van der Waals surface area contributed by atoms with Crippen molar-refractivity contribution in [2.75, 3.05) is 4.90 Å². The molecule has 1 aliphatic rings. The molecular weight excluding hydrogens is 438 g/mol. The standard InChI is InChI=1S/C25H15N3O4S/c29-22(18-12-14-6-1-3-9-17(14)32-18)20-21(15-7-5-11-26-13-15)28(24(31)23(20)30)25-27-16-8-2-4-10-19(16)33-25/h1-13,21,30H. The molecule has 4 heterocycles. The van der Waals surface area contributed by atoms with E-state index in [-0.39, 0.29) is 11.3 Å². The van der Waals surface area contributed by atoms with Crippen LogP contribution in [0.4, 0.5) is 5.13 Å². The number of nitrogens with zero attached hydrogens (tertiary/aromatic N) is 3. The lowest BCUT2D eigenvalue weighted by molar-refractivity contribution is -0.117. The average Bonchev–Trinajstić information content (AvgIpc) is 3.53. The molecule has 0 saturated heterocycles. The minimum Gasteiger partial charge on any atom is -0.503 e. The molecule has 0 aliphatic carbocycles. The number of aliphatic hydroxyl groups is 1. The van der Waals surface area contributed by atoms with E-state index in [1.807, 2.05) is 42.5 Å². The summed E-state index contributed by atoms with van der Waals surface area (Å²) in [6, 6.07) is 18.9. The topological polar surface area (TPSA) is 96.5 Å². The highest BCUT2D eigenvalue weighted by Crippen LogP contribution is 2.44. The number of hydrogen-bond acceptors (Lipinski definition) is 7. The number of hydrogen-bond donors (Lipinski definition) is 1. The van der Waals surface area contributed by atoms with E-state index < -0.39 is 23.5 Å². The molecule has 7 nitrogen and oxygen atoms in total. The molecule has 160 valence electrons. The summed E-state index contributed by atoms with van der Waals surface area (Å²) in [4.78, 5) is 36.9. The average molecular weight is 453 g/mol. The van der Waals surface area contributed by atoms with Crippen molar-refractivity contribution in [3.63, 3.8) is 0 Å². The van der Waals surface area contributed by atoms with Gasteiger partial charge in [0, 0.05) is 17.8 Å². The van der Waals surface area contributed by atoms with Gasteiger partial charge in [0.1, 0.15) is 5.58 Å². The molecule has 33 heavy (non-hydrogen) atoms. The first-order valence-electron chi connectivity index (χ1n) is 10.2. The Labute approximate surface area is 191 Å². The lowest BCUT2D eigenvalue weighted by Gasteiger charge is -2.23. The van der Waals surface area contributed by atoms with E-state index in [1.165, 1.54) is 16.2 Å². The Morgan fingerprint density at radius 3 is 2.67 bits per heavy atom. The zero-order chi connectivity index (χ0) is 22.5. The van der Waals surface area contributed by atoms with Crippen LogP contribution in [0.2, 0.25) is 0 Å². The number of amides is 1. The second-order valence-corrected chi connectivity index (χ2v) is 8.58. The lowest BCUT2D eigenvalue weighted by atomic mass is 9.96. The van der Waals surface area contributed by atoms with E-state index in [2.05, 4.69) is 9.97 Å². The number of carbonyl (C=O) groups excluding carboxylic acids is 2. The quantitative estimate of drug-likeness (QED) is 0.375. The maximum absolute atomic E-state index is 13.6. The number of anilines is 1. The molecule has 0 saturated carbocycles. The van der Waals surface area contributed by atoms with Gasteiger partial charge >= 0.3 is 0 Å². The molecule has 1 atom stereocenters. The van der Waals surface area contributed by atoms with Gasteiger partial charge in [-0.15, -0.1) is 0 Å². The van der Waals surface area contributed by atoms with Gasteiger partial charge in [-0.05, 0) is 35.9 Å². The molecule has 0 spiro atoms.